The SMILES string of the molecule is CN(CCC(=O)O)Cc1ccc(OC(F)F)c(Cl)c1. The Labute approximate surface area is 114 Å². The molecule has 1 aromatic rings. The van der Waals surface area contributed by atoms with E-state index in [1.54, 1.807) is 18.0 Å². The predicted octanol–water partition coefficient (Wildman–Crippen LogP) is 2.85. The van der Waals surface area contributed by atoms with Crippen molar-refractivity contribution in [2.24, 2.45) is 0 Å². The molecule has 0 aliphatic carbocycles. The minimum atomic E-state index is -2.92. The van der Waals surface area contributed by atoms with Crippen LogP contribution in [-0.4, -0.2) is 36.2 Å². The molecule has 0 heterocycles. The quantitative estimate of drug-likeness (QED) is 0.840. The highest BCUT2D eigenvalue weighted by molar-refractivity contribution is 6.32. The molecule has 0 fully saturated rings. The first-order valence-corrected chi connectivity index (χ1v) is 5.90. The number of benzene rings is 1. The number of carboxylic acid groups (broad SMARTS) is 1. The molecule has 1 rings (SSSR count). The second kappa shape index (κ2) is 7.25. The molecular formula is C12H14ClF2NO3. The van der Waals surface area contributed by atoms with Gasteiger partial charge in [0.05, 0.1) is 11.4 Å². The van der Waals surface area contributed by atoms with Crippen LogP contribution in [0.4, 0.5) is 8.78 Å². The maximum atomic E-state index is 12.0. The van der Waals surface area contributed by atoms with Crippen molar-refractivity contribution in [1.29, 1.82) is 0 Å². The standard InChI is InChI=1S/C12H14ClF2NO3/c1-16(5-4-11(17)18)7-8-2-3-10(9(13)6-8)19-12(14)15/h2-3,6,12H,4-5,7H2,1H3,(H,17,18). The summed E-state index contributed by atoms with van der Waals surface area (Å²) in [5.41, 5.74) is 0.791. The van der Waals surface area contributed by atoms with Crippen LogP contribution in [0.1, 0.15) is 12.0 Å². The molecular weight excluding hydrogens is 280 g/mol. The monoisotopic (exact) mass is 293 g/mol. The number of rotatable bonds is 7. The molecule has 4 nitrogen and oxygen atoms in total. The van der Waals surface area contributed by atoms with Crippen LogP contribution in [0.15, 0.2) is 18.2 Å². The number of carbonyl (C=O) groups is 1. The van der Waals surface area contributed by atoms with E-state index >= 15 is 0 Å². The van der Waals surface area contributed by atoms with E-state index in [9.17, 15) is 13.6 Å². The molecule has 0 spiro atoms. The Balaban J connectivity index is 2.60. The Hall–Kier alpha value is -1.40. The van der Waals surface area contributed by atoms with Gasteiger partial charge >= 0.3 is 12.6 Å². The van der Waals surface area contributed by atoms with Gasteiger partial charge in [-0.15, -0.1) is 0 Å². The molecule has 106 valence electrons. The maximum Gasteiger partial charge on any atom is 0.387 e. The number of aliphatic carboxylic acids is 1. The Morgan fingerprint density at radius 2 is 2.21 bits per heavy atom. The minimum Gasteiger partial charge on any atom is -0.481 e. The van der Waals surface area contributed by atoms with Crippen molar-refractivity contribution >= 4 is 17.6 Å². The van der Waals surface area contributed by atoms with Gasteiger partial charge in [-0.25, -0.2) is 0 Å². The molecule has 19 heavy (non-hydrogen) atoms. The first-order chi connectivity index (χ1) is 8.88. The van der Waals surface area contributed by atoms with Crippen LogP contribution >= 0.6 is 11.6 Å². The first-order valence-electron chi connectivity index (χ1n) is 5.52. The van der Waals surface area contributed by atoms with Crippen LogP contribution < -0.4 is 4.74 Å². The van der Waals surface area contributed by atoms with Crippen LogP contribution in [0.3, 0.4) is 0 Å². The van der Waals surface area contributed by atoms with Crippen LogP contribution in [-0.2, 0) is 11.3 Å². The van der Waals surface area contributed by atoms with E-state index < -0.39 is 12.6 Å². The Kier molecular flexibility index (Phi) is 5.98. The smallest absolute Gasteiger partial charge is 0.387 e. The molecule has 0 amide bonds. The Morgan fingerprint density at radius 1 is 1.53 bits per heavy atom. The van der Waals surface area contributed by atoms with Crippen molar-refractivity contribution in [1.82, 2.24) is 4.90 Å². The zero-order valence-corrected chi connectivity index (χ0v) is 11.0. The van der Waals surface area contributed by atoms with Crippen molar-refractivity contribution in [3.63, 3.8) is 0 Å². The summed E-state index contributed by atoms with van der Waals surface area (Å²) in [5.74, 6) is -0.945. The zero-order chi connectivity index (χ0) is 14.4. The van der Waals surface area contributed by atoms with Gasteiger partial charge in [0.25, 0.3) is 0 Å². The lowest BCUT2D eigenvalue weighted by Gasteiger charge is -2.16. The number of hydrogen-bond donors (Lipinski definition) is 1. The van der Waals surface area contributed by atoms with E-state index in [1.807, 2.05) is 0 Å². The van der Waals surface area contributed by atoms with Gasteiger partial charge in [0.1, 0.15) is 5.75 Å². The van der Waals surface area contributed by atoms with Crippen LogP contribution in [0.25, 0.3) is 0 Å². The van der Waals surface area contributed by atoms with Gasteiger partial charge in [-0.3, -0.25) is 4.79 Å². The number of alkyl halides is 2. The summed E-state index contributed by atoms with van der Waals surface area (Å²) in [6.07, 6.45) is 0.0385. The normalized spacial score (nSPS) is 11.1. The van der Waals surface area contributed by atoms with E-state index in [0.29, 0.717) is 13.1 Å². The van der Waals surface area contributed by atoms with Gasteiger partial charge < -0.3 is 14.7 Å². The molecule has 0 aromatic heterocycles. The van der Waals surface area contributed by atoms with E-state index in [1.165, 1.54) is 12.1 Å². The van der Waals surface area contributed by atoms with E-state index in [-0.39, 0.29) is 17.2 Å². The molecule has 0 saturated carbocycles. The molecule has 0 saturated heterocycles. The summed E-state index contributed by atoms with van der Waals surface area (Å²) >= 11 is 5.81. The molecule has 0 atom stereocenters. The molecule has 1 aromatic carbocycles. The Morgan fingerprint density at radius 3 is 2.74 bits per heavy atom. The highest BCUT2D eigenvalue weighted by Gasteiger charge is 2.10. The highest BCUT2D eigenvalue weighted by Crippen LogP contribution is 2.27. The maximum absolute atomic E-state index is 12.0. The fraction of sp³-hybridized carbons (Fsp3) is 0.417. The Bertz CT molecular complexity index is 443. The topological polar surface area (TPSA) is 49.8 Å². The molecule has 0 unspecified atom stereocenters. The summed E-state index contributed by atoms with van der Waals surface area (Å²) < 4.78 is 28.3. The lowest BCUT2D eigenvalue weighted by Crippen LogP contribution is -2.21. The van der Waals surface area contributed by atoms with E-state index in [0.717, 1.165) is 5.56 Å². The summed E-state index contributed by atoms with van der Waals surface area (Å²) in [7, 11) is 1.76. The summed E-state index contributed by atoms with van der Waals surface area (Å²) in [4.78, 5) is 12.2. The predicted molar refractivity (Wildman–Crippen MR) is 66.7 cm³/mol. The number of ether oxygens (including phenoxy) is 1. The largest absolute Gasteiger partial charge is 0.481 e. The summed E-state index contributed by atoms with van der Waals surface area (Å²) in [6.45, 7) is -2.05. The van der Waals surface area contributed by atoms with Crippen molar-refractivity contribution in [2.45, 2.75) is 19.6 Å². The number of carboxylic acids is 1. The molecule has 7 heteroatoms. The third kappa shape index (κ3) is 5.85. The third-order valence-corrected chi connectivity index (χ3v) is 2.67. The average Bonchev–Trinajstić information content (AvgIpc) is 2.29. The van der Waals surface area contributed by atoms with Crippen LogP contribution in [0, 0.1) is 0 Å². The zero-order valence-electron chi connectivity index (χ0n) is 10.3. The van der Waals surface area contributed by atoms with Crippen LogP contribution in [0.2, 0.25) is 5.02 Å². The van der Waals surface area contributed by atoms with Gasteiger partial charge in [-0.1, -0.05) is 17.7 Å². The lowest BCUT2D eigenvalue weighted by molar-refractivity contribution is -0.137. The van der Waals surface area contributed by atoms with Crippen molar-refractivity contribution in [2.75, 3.05) is 13.6 Å². The van der Waals surface area contributed by atoms with Crippen molar-refractivity contribution in [3.8, 4) is 5.75 Å². The van der Waals surface area contributed by atoms with Gasteiger partial charge in [0.2, 0.25) is 0 Å². The lowest BCUT2D eigenvalue weighted by atomic mass is 10.2. The van der Waals surface area contributed by atoms with Crippen molar-refractivity contribution < 1.29 is 23.4 Å². The highest BCUT2D eigenvalue weighted by atomic mass is 35.5. The molecule has 0 aliphatic rings. The van der Waals surface area contributed by atoms with E-state index in [4.69, 9.17) is 16.7 Å². The van der Waals surface area contributed by atoms with Gasteiger partial charge in [0.15, 0.2) is 0 Å². The van der Waals surface area contributed by atoms with Gasteiger partial charge in [-0.2, -0.15) is 8.78 Å². The molecule has 0 bridgehead atoms. The number of nitrogens with zero attached hydrogens (tertiary/aromatic N) is 1. The average molecular weight is 294 g/mol. The van der Waals surface area contributed by atoms with Gasteiger partial charge in [-0.05, 0) is 24.7 Å². The second-order valence-electron chi connectivity index (χ2n) is 4.02. The number of hydrogen-bond acceptors (Lipinski definition) is 3. The molecule has 0 aliphatic heterocycles. The van der Waals surface area contributed by atoms with Crippen LogP contribution in [0.5, 0.6) is 5.75 Å². The summed E-state index contributed by atoms with van der Waals surface area (Å²) in [6, 6.07) is 4.51. The fourth-order valence-electron chi connectivity index (χ4n) is 1.51. The number of halogens is 3. The van der Waals surface area contributed by atoms with Crippen molar-refractivity contribution in [3.05, 3.63) is 28.8 Å². The molecule has 1 N–H and O–H groups in total. The second-order valence-corrected chi connectivity index (χ2v) is 4.43. The van der Waals surface area contributed by atoms with E-state index in [2.05, 4.69) is 4.74 Å². The fourth-order valence-corrected chi connectivity index (χ4v) is 1.76. The third-order valence-electron chi connectivity index (χ3n) is 2.37. The molecule has 0 radical (unpaired) electrons. The van der Waals surface area contributed by atoms with Gasteiger partial charge in [0, 0.05) is 13.1 Å². The first kappa shape index (κ1) is 15.7. The minimum absolute atomic E-state index is 0.0385. The summed E-state index contributed by atoms with van der Waals surface area (Å²) in [5, 5.41) is 8.66.